The summed E-state index contributed by atoms with van der Waals surface area (Å²) in [4.78, 5) is 19.0. The molecule has 0 bridgehead atoms. The van der Waals surface area contributed by atoms with E-state index in [4.69, 9.17) is 4.74 Å². The van der Waals surface area contributed by atoms with E-state index in [0.29, 0.717) is 31.8 Å². The van der Waals surface area contributed by atoms with Crippen molar-refractivity contribution >= 4 is 22.0 Å². The van der Waals surface area contributed by atoms with E-state index < -0.39 is 10.0 Å². The molecule has 1 aromatic rings. The van der Waals surface area contributed by atoms with Crippen molar-refractivity contribution in [1.29, 1.82) is 0 Å². The fourth-order valence-corrected chi connectivity index (χ4v) is 4.36. The number of benzene rings is 1. The number of ether oxygens (including phenoxy) is 1. The molecule has 9 heteroatoms. The molecule has 29 heavy (non-hydrogen) atoms. The zero-order valence-electron chi connectivity index (χ0n) is 17.7. The molecule has 1 aliphatic heterocycles. The van der Waals surface area contributed by atoms with Gasteiger partial charge in [0.25, 0.3) is 0 Å². The van der Waals surface area contributed by atoms with Crippen molar-refractivity contribution in [2.45, 2.75) is 38.1 Å². The van der Waals surface area contributed by atoms with E-state index in [0.717, 1.165) is 18.8 Å². The Hall–Kier alpha value is -2.13. The third-order valence-corrected chi connectivity index (χ3v) is 6.80. The summed E-state index contributed by atoms with van der Waals surface area (Å²) in [6.07, 6.45) is 1.43. The highest BCUT2D eigenvalue weighted by atomic mass is 32.2. The Labute approximate surface area is 174 Å². The predicted octanol–water partition coefficient (Wildman–Crippen LogP) is 1.68. The van der Waals surface area contributed by atoms with Crippen LogP contribution >= 0.6 is 0 Å². The number of rotatable bonds is 7. The Morgan fingerprint density at radius 2 is 1.90 bits per heavy atom. The SMILES string of the molecule is CCNC(=NCc1ccccc1S(=O)(=O)N(C)C)N1CCC(C(=O)OCC)CC1. The van der Waals surface area contributed by atoms with Crippen LogP contribution < -0.4 is 5.32 Å². The topological polar surface area (TPSA) is 91.3 Å². The molecule has 0 atom stereocenters. The Bertz CT molecular complexity index is 816. The molecule has 0 saturated carbocycles. The van der Waals surface area contributed by atoms with Crippen molar-refractivity contribution in [2.24, 2.45) is 10.9 Å². The Morgan fingerprint density at radius 3 is 2.48 bits per heavy atom. The van der Waals surface area contributed by atoms with Crippen LogP contribution in [-0.4, -0.2) is 69.9 Å². The zero-order chi connectivity index (χ0) is 21.4. The molecule has 0 spiro atoms. The van der Waals surface area contributed by atoms with Gasteiger partial charge < -0.3 is 15.0 Å². The highest BCUT2D eigenvalue weighted by molar-refractivity contribution is 7.89. The van der Waals surface area contributed by atoms with E-state index in [1.54, 1.807) is 18.2 Å². The summed E-state index contributed by atoms with van der Waals surface area (Å²) in [6, 6.07) is 6.93. The van der Waals surface area contributed by atoms with Crippen LogP contribution in [0.2, 0.25) is 0 Å². The maximum Gasteiger partial charge on any atom is 0.309 e. The smallest absolute Gasteiger partial charge is 0.309 e. The van der Waals surface area contributed by atoms with Gasteiger partial charge in [-0.15, -0.1) is 0 Å². The van der Waals surface area contributed by atoms with Crippen LogP contribution in [0.5, 0.6) is 0 Å². The number of likely N-dealkylation sites (tertiary alicyclic amines) is 1. The van der Waals surface area contributed by atoms with Crippen molar-refractivity contribution < 1.29 is 17.9 Å². The molecule has 1 aromatic carbocycles. The molecular formula is C20H32N4O4S. The number of carbonyl (C=O) groups is 1. The molecule has 1 saturated heterocycles. The molecule has 0 aliphatic carbocycles. The second-order valence-electron chi connectivity index (χ2n) is 7.08. The van der Waals surface area contributed by atoms with Gasteiger partial charge >= 0.3 is 5.97 Å². The molecule has 0 radical (unpaired) electrons. The lowest BCUT2D eigenvalue weighted by Gasteiger charge is -2.33. The van der Waals surface area contributed by atoms with Crippen molar-refractivity contribution in [3.05, 3.63) is 29.8 Å². The fourth-order valence-electron chi connectivity index (χ4n) is 3.26. The lowest BCUT2D eigenvalue weighted by molar-refractivity contribution is -0.149. The van der Waals surface area contributed by atoms with Crippen LogP contribution in [0.1, 0.15) is 32.3 Å². The molecule has 1 heterocycles. The fraction of sp³-hybridized carbons (Fsp3) is 0.600. The van der Waals surface area contributed by atoms with Gasteiger partial charge in [-0.3, -0.25) is 4.79 Å². The van der Waals surface area contributed by atoms with E-state index in [9.17, 15) is 13.2 Å². The molecule has 0 aromatic heterocycles. The lowest BCUT2D eigenvalue weighted by Crippen LogP contribution is -2.46. The number of piperidine rings is 1. The summed E-state index contributed by atoms with van der Waals surface area (Å²) in [7, 11) is -0.494. The third-order valence-electron chi connectivity index (χ3n) is 4.88. The number of sulfonamides is 1. The maximum atomic E-state index is 12.6. The van der Waals surface area contributed by atoms with E-state index in [2.05, 4.69) is 15.2 Å². The van der Waals surface area contributed by atoms with E-state index in [1.807, 2.05) is 19.9 Å². The number of esters is 1. The Balaban J connectivity index is 2.15. The van der Waals surface area contributed by atoms with Crippen molar-refractivity contribution in [3.63, 3.8) is 0 Å². The third kappa shape index (κ3) is 5.93. The maximum absolute atomic E-state index is 12.6. The van der Waals surface area contributed by atoms with Gasteiger partial charge in [0.05, 0.1) is 24.0 Å². The lowest BCUT2D eigenvalue weighted by atomic mass is 9.97. The van der Waals surface area contributed by atoms with Crippen LogP contribution in [0.4, 0.5) is 0 Å². The second kappa shape index (κ2) is 10.6. The second-order valence-corrected chi connectivity index (χ2v) is 9.20. The Morgan fingerprint density at radius 1 is 1.24 bits per heavy atom. The van der Waals surface area contributed by atoms with Crippen LogP contribution in [0.15, 0.2) is 34.2 Å². The first kappa shape index (κ1) is 23.2. The van der Waals surface area contributed by atoms with Gasteiger partial charge in [-0.1, -0.05) is 18.2 Å². The standard InChI is InChI=1S/C20H32N4O4S/c1-5-21-20(24-13-11-16(12-14-24)19(25)28-6-2)22-15-17-9-7-8-10-18(17)29(26,27)23(3)4/h7-10,16H,5-6,11-15H2,1-4H3,(H,21,22). The summed E-state index contributed by atoms with van der Waals surface area (Å²) in [5.41, 5.74) is 0.651. The number of nitrogens with zero attached hydrogens (tertiary/aromatic N) is 3. The number of guanidine groups is 1. The minimum absolute atomic E-state index is 0.0694. The van der Waals surface area contributed by atoms with Crippen LogP contribution in [0.25, 0.3) is 0 Å². The van der Waals surface area contributed by atoms with Gasteiger partial charge in [-0.05, 0) is 38.3 Å². The van der Waals surface area contributed by atoms with E-state index >= 15 is 0 Å². The van der Waals surface area contributed by atoms with Crippen LogP contribution in [0.3, 0.4) is 0 Å². The first-order chi connectivity index (χ1) is 13.8. The molecule has 2 rings (SSSR count). The summed E-state index contributed by atoms with van der Waals surface area (Å²) in [5.74, 6) is 0.531. The minimum atomic E-state index is -3.54. The van der Waals surface area contributed by atoms with Gasteiger partial charge in [0.15, 0.2) is 5.96 Å². The zero-order valence-corrected chi connectivity index (χ0v) is 18.5. The summed E-state index contributed by atoms with van der Waals surface area (Å²) >= 11 is 0. The van der Waals surface area contributed by atoms with E-state index in [-0.39, 0.29) is 23.3 Å². The van der Waals surface area contributed by atoms with Crippen LogP contribution in [-0.2, 0) is 26.1 Å². The van der Waals surface area contributed by atoms with Crippen molar-refractivity contribution in [1.82, 2.24) is 14.5 Å². The van der Waals surface area contributed by atoms with Gasteiger partial charge in [0, 0.05) is 33.7 Å². The first-order valence-electron chi connectivity index (χ1n) is 10.0. The normalized spacial score (nSPS) is 16.2. The summed E-state index contributed by atoms with van der Waals surface area (Å²) in [5, 5.41) is 3.27. The molecular weight excluding hydrogens is 392 g/mol. The van der Waals surface area contributed by atoms with Gasteiger partial charge in [0.2, 0.25) is 10.0 Å². The molecule has 1 N–H and O–H groups in total. The minimum Gasteiger partial charge on any atom is -0.466 e. The van der Waals surface area contributed by atoms with Gasteiger partial charge in [-0.25, -0.2) is 17.7 Å². The largest absolute Gasteiger partial charge is 0.466 e. The molecule has 1 fully saturated rings. The predicted molar refractivity (Wildman–Crippen MR) is 113 cm³/mol. The number of carbonyl (C=O) groups excluding carboxylic acids is 1. The van der Waals surface area contributed by atoms with Crippen LogP contribution in [0, 0.1) is 5.92 Å². The number of nitrogens with one attached hydrogen (secondary N) is 1. The highest BCUT2D eigenvalue weighted by Crippen LogP contribution is 2.21. The molecule has 8 nitrogen and oxygen atoms in total. The highest BCUT2D eigenvalue weighted by Gasteiger charge is 2.27. The average Bonchev–Trinajstić information content (AvgIpc) is 2.71. The monoisotopic (exact) mass is 424 g/mol. The average molecular weight is 425 g/mol. The Kier molecular flexibility index (Phi) is 8.45. The molecule has 0 amide bonds. The summed E-state index contributed by atoms with van der Waals surface area (Å²) < 4.78 is 31.5. The number of hydrogen-bond donors (Lipinski definition) is 1. The van der Waals surface area contributed by atoms with Crippen molar-refractivity contribution in [2.75, 3.05) is 40.3 Å². The van der Waals surface area contributed by atoms with Crippen molar-refractivity contribution in [3.8, 4) is 0 Å². The molecule has 162 valence electrons. The molecule has 0 unspecified atom stereocenters. The number of hydrogen-bond acceptors (Lipinski definition) is 5. The van der Waals surface area contributed by atoms with E-state index in [1.165, 1.54) is 18.4 Å². The van der Waals surface area contributed by atoms with Gasteiger partial charge in [0.1, 0.15) is 0 Å². The van der Waals surface area contributed by atoms with Gasteiger partial charge in [-0.2, -0.15) is 0 Å². The molecule has 1 aliphatic rings. The first-order valence-corrected chi connectivity index (χ1v) is 11.5. The number of aliphatic imine (C=N–C) groups is 1. The quantitative estimate of drug-likeness (QED) is 0.407. The summed E-state index contributed by atoms with van der Waals surface area (Å²) in [6.45, 7) is 6.57.